The van der Waals surface area contributed by atoms with Crippen molar-refractivity contribution in [1.29, 1.82) is 0 Å². The van der Waals surface area contributed by atoms with E-state index in [4.69, 9.17) is 26.5 Å². The number of hydrogen-bond donors (Lipinski definition) is 9. The molecule has 0 radical (unpaired) electrons. The van der Waals surface area contributed by atoms with Gasteiger partial charge >= 0.3 is 24.0 Å². The number of ether oxygens (including phenoxy) is 3. The van der Waals surface area contributed by atoms with E-state index in [0.717, 1.165) is 27.1 Å². The van der Waals surface area contributed by atoms with E-state index in [2.05, 4.69) is 63.0 Å². The lowest BCUT2D eigenvalue weighted by molar-refractivity contribution is -0.359. The number of rotatable bonds is 19. The fourth-order valence-electron chi connectivity index (χ4n) is 7.58. The van der Waals surface area contributed by atoms with Crippen LogP contribution in [0.25, 0.3) is 22.2 Å². The Balaban J connectivity index is 0.000000604. The Morgan fingerprint density at radius 3 is 1.96 bits per heavy atom. The number of amides is 2. The average molecular weight is 1130 g/mol. The second-order valence-corrected chi connectivity index (χ2v) is 18.7. The molecular formula is C52H74ClN11O13S. The van der Waals surface area contributed by atoms with Gasteiger partial charge in [-0.05, 0) is 115 Å². The Bertz CT molecular complexity index is 2900. The van der Waals surface area contributed by atoms with Gasteiger partial charge in [0.15, 0.2) is 6.54 Å². The molecule has 13 N–H and O–H groups in total. The predicted molar refractivity (Wildman–Crippen MR) is 289 cm³/mol. The largest absolute Gasteiger partial charge is 1.00 e. The van der Waals surface area contributed by atoms with Crippen LogP contribution < -0.4 is 45.0 Å². The lowest BCUT2D eigenvalue weighted by Crippen LogP contribution is -3.00. The number of carbonyl (C=O) groups excluding carboxylic acids is 4. The molecule has 0 saturated carbocycles. The summed E-state index contributed by atoms with van der Waals surface area (Å²) < 4.78 is 41.8. The predicted octanol–water partition coefficient (Wildman–Crippen LogP) is 0.248. The highest BCUT2D eigenvalue weighted by molar-refractivity contribution is 7.90. The van der Waals surface area contributed by atoms with Gasteiger partial charge in [0.25, 0.3) is 10.0 Å². The zero-order valence-electron chi connectivity index (χ0n) is 44.1. The first-order valence-electron chi connectivity index (χ1n) is 23.9. The SMILES string of the molecule is C.COC(=O)CNC(=O)[C@H](CCCN=C(C)N)NC(=O)OCC1c2ccccc2-c2ccccc21.COC(=O)C[NH3+].Cc1cc(CO)c(C)c(C)c1S(=O)(=O)NC(N)=NCCC[C@H](C)C(=O)O.On1nnc2ccccc21.[Cl-]. The molecule has 5 aromatic rings. The van der Waals surface area contributed by atoms with Crippen molar-refractivity contribution in [2.24, 2.45) is 27.4 Å². The van der Waals surface area contributed by atoms with Crippen LogP contribution in [0, 0.1) is 26.7 Å². The number of carboxylic acid groups (broad SMARTS) is 1. The van der Waals surface area contributed by atoms with Gasteiger partial charge in [-0.1, -0.05) is 85.9 Å². The summed E-state index contributed by atoms with van der Waals surface area (Å²) in [5.74, 6) is -2.62. The lowest BCUT2D eigenvalue weighted by atomic mass is 9.98. The molecule has 2 atom stereocenters. The Hall–Kier alpha value is -7.87. The number of carbonyl (C=O) groups is 5. The molecule has 0 fully saturated rings. The zero-order chi connectivity index (χ0) is 56.5. The number of nitrogens with two attached hydrogens (primary N) is 2. The fraction of sp³-hybridized carbons (Fsp3) is 0.404. The summed E-state index contributed by atoms with van der Waals surface area (Å²) in [5, 5.41) is 39.3. The molecular weight excluding hydrogens is 1050 g/mol. The number of aliphatic imine (C=N–C) groups is 2. The fourth-order valence-corrected chi connectivity index (χ4v) is 9.06. The molecule has 24 nitrogen and oxygen atoms in total. The number of aryl methyl sites for hydroxylation is 1. The number of aliphatic hydroxyl groups is 1. The monoisotopic (exact) mass is 1130 g/mol. The van der Waals surface area contributed by atoms with Crippen LogP contribution in [0.4, 0.5) is 4.79 Å². The topological polar surface area (TPSA) is 379 Å². The molecule has 78 heavy (non-hydrogen) atoms. The summed E-state index contributed by atoms with van der Waals surface area (Å²) in [6.07, 6.45) is 1.01. The van der Waals surface area contributed by atoms with E-state index in [1.807, 2.05) is 48.5 Å². The van der Waals surface area contributed by atoms with Crippen molar-refractivity contribution in [2.75, 3.05) is 47.0 Å². The number of esters is 2. The maximum Gasteiger partial charge on any atom is 0.407 e. The van der Waals surface area contributed by atoms with Crippen molar-refractivity contribution < 1.29 is 80.2 Å². The summed E-state index contributed by atoms with van der Waals surface area (Å²) >= 11 is 0. The number of alkyl carbamates (subject to hydrolysis) is 1. The van der Waals surface area contributed by atoms with Gasteiger partial charge in [0, 0.05) is 19.0 Å². The maximum absolute atomic E-state index is 12.7. The van der Waals surface area contributed by atoms with Crippen LogP contribution in [0.15, 0.2) is 93.7 Å². The third kappa shape index (κ3) is 20.9. The van der Waals surface area contributed by atoms with Gasteiger partial charge in [0.2, 0.25) is 11.9 Å². The molecule has 0 bridgehead atoms. The molecule has 26 heteroatoms. The molecule has 6 rings (SSSR count). The molecule has 1 aromatic heterocycles. The first-order valence-corrected chi connectivity index (χ1v) is 25.4. The first kappa shape index (κ1) is 68.1. The van der Waals surface area contributed by atoms with Crippen LogP contribution in [0.3, 0.4) is 0 Å². The van der Waals surface area contributed by atoms with Crippen LogP contribution in [0.5, 0.6) is 0 Å². The number of nitrogens with one attached hydrogen (secondary N) is 3. The highest BCUT2D eigenvalue weighted by Gasteiger charge is 2.30. The standard InChI is InChI=1S/C25H30N4O5.C17H27N3O5S.C6H5N3O.C3H7NO2.CH4.ClH/c1-16(26)27-13-7-12-22(24(31)28-14-23(30)33-2)29-25(32)34-15-21-19-10-5-3-8-17(19)18-9-4-6-11-20(18)21;1-10(16(22)23)6-5-7-19-17(18)20-26(24,25)15-11(2)8-14(9-21)12(3)13(15)4;10-9-6-4-2-1-3-5(6)7-8-9;1-6-3(5)2-4;;/h3-6,8-11,21-22H,7,12-15H2,1-2H3,(H2,26,27)(H,28,31)(H,29,32);8,10,21H,5-7,9H2,1-4H3,(H,22,23)(H3,18,19,20);1-4,10H;2,4H2,1H3;1H4;1H/t22-;10-;;;;/m00..../s1. The molecule has 0 spiro atoms. The van der Waals surface area contributed by atoms with Crippen molar-refractivity contribution in [3.63, 3.8) is 0 Å². The Morgan fingerprint density at radius 2 is 1.42 bits per heavy atom. The van der Waals surface area contributed by atoms with E-state index in [-0.39, 0.29) is 75.4 Å². The van der Waals surface area contributed by atoms with Gasteiger partial charge in [0.05, 0.1) is 37.5 Å². The molecule has 1 aliphatic rings. The molecule has 1 heterocycles. The van der Waals surface area contributed by atoms with Gasteiger partial charge in [-0.15, -0.1) is 5.10 Å². The summed E-state index contributed by atoms with van der Waals surface area (Å²) in [4.78, 5) is 66.1. The third-order valence-corrected chi connectivity index (χ3v) is 13.3. The van der Waals surface area contributed by atoms with Crippen molar-refractivity contribution in [2.45, 2.75) is 91.2 Å². The molecule has 0 aliphatic heterocycles. The van der Waals surface area contributed by atoms with Crippen molar-refractivity contribution in [3.05, 3.63) is 112 Å². The highest BCUT2D eigenvalue weighted by Crippen LogP contribution is 2.44. The summed E-state index contributed by atoms with van der Waals surface area (Å²) in [7, 11) is -1.35. The van der Waals surface area contributed by atoms with E-state index in [9.17, 15) is 37.5 Å². The minimum atomic E-state index is -3.92. The number of guanidine groups is 1. The van der Waals surface area contributed by atoms with Crippen LogP contribution >= 0.6 is 0 Å². The number of amidine groups is 1. The van der Waals surface area contributed by atoms with Crippen molar-refractivity contribution >= 4 is 62.8 Å². The number of aromatic nitrogens is 3. The van der Waals surface area contributed by atoms with Crippen LogP contribution in [0.1, 0.15) is 86.3 Å². The summed E-state index contributed by atoms with van der Waals surface area (Å²) in [6.45, 7) is 8.89. The van der Waals surface area contributed by atoms with Gasteiger partial charge in [0.1, 0.15) is 30.2 Å². The number of aliphatic carboxylic acids is 1. The molecule has 0 unspecified atom stereocenters. The van der Waals surface area contributed by atoms with Crippen molar-refractivity contribution in [1.82, 2.24) is 30.5 Å². The van der Waals surface area contributed by atoms with Gasteiger partial charge in [-0.25, -0.2) is 22.7 Å². The quantitative estimate of drug-likeness (QED) is 0.0134. The third-order valence-electron chi connectivity index (χ3n) is 11.7. The van der Waals surface area contributed by atoms with Crippen LogP contribution in [0.2, 0.25) is 0 Å². The van der Waals surface area contributed by atoms with E-state index in [1.54, 1.807) is 52.8 Å². The van der Waals surface area contributed by atoms with Gasteiger partial charge in [-0.3, -0.25) is 24.4 Å². The summed E-state index contributed by atoms with van der Waals surface area (Å²) in [6, 6.07) is 24.0. The van der Waals surface area contributed by atoms with E-state index in [1.165, 1.54) is 14.2 Å². The molecule has 2 amide bonds. The Labute approximate surface area is 460 Å². The number of para-hydroxylation sites is 1. The Morgan fingerprint density at radius 1 is 0.859 bits per heavy atom. The van der Waals surface area contributed by atoms with E-state index in [0.29, 0.717) is 71.4 Å². The molecule has 428 valence electrons. The zero-order valence-corrected chi connectivity index (χ0v) is 45.7. The Kier molecular flexibility index (Phi) is 29.7. The number of fused-ring (bicyclic) bond motifs is 4. The van der Waals surface area contributed by atoms with Crippen LogP contribution in [-0.4, -0.2) is 134 Å². The number of carboxylic acids is 1. The van der Waals surface area contributed by atoms with Crippen LogP contribution in [-0.2, 0) is 50.0 Å². The lowest BCUT2D eigenvalue weighted by Gasteiger charge is -2.19. The number of benzene rings is 4. The number of quaternary nitrogens is 1. The minimum absolute atomic E-state index is 0. The number of methoxy groups -OCH3 is 2. The second kappa shape index (κ2) is 34.0. The van der Waals surface area contributed by atoms with E-state index < -0.39 is 45.9 Å². The number of aliphatic hydroxyl groups excluding tert-OH is 1. The molecule has 4 aromatic carbocycles. The number of halogens is 1. The van der Waals surface area contributed by atoms with Crippen molar-refractivity contribution in [3.8, 4) is 11.1 Å². The number of hydrogen-bond acceptors (Lipinski definition) is 16. The first-order chi connectivity index (χ1) is 36.1. The molecule has 1 aliphatic carbocycles. The van der Waals surface area contributed by atoms with E-state index >= 15 is 0 Å². The van der Waals surface area contributed by atoms with Gasteiger partial charge in [-0.2, -0.15) is 0 Å². The second-order valence-electron chi connectivity index (χ2n) is 17.1. The summed E-state index contributed by atoms with van der Waals surface area (Å²) in [5.41, 5.74) is 22.7. The molecule has 0 saturated heterocycles. The maximum atomic E-state index is 12.7. The highest BCUT2D eigenvalue weighted by atomic mass is 35.5. The minimum Gasteiger partial charge on any atom is -1.00 e. The normalized spacial score (nSPS) is 12.3. The number of nitrogens with zero attached hydrogens (tertiary/aromatic N) is 5. The van der Waals surface area contributed by atoms with Gasteiger partial charge < -0.3 is 69.9 Å². The number of sulfonamides is 1. The average Bonchev–Trinajstić information content (AvgIpc) is 3.94. The smallest absolute Gasteiger partial charge is 0.407 e.